The highest BCUT2D eigenvalue weighted by molar-refractivity contribution is 5.56. The van der Waals surface area contributed by atoms with E-state index in [4.69, 9.17) is 5.73 Å². The quantitative estimate of drug-likeness (QED) is 0.775. The van der Waals surface area contributed by atoms with Gasteiger partial charge in [0.2, 0.25) is 0 Å². The number of hydrogen-bond donors (Lipinski definition) is 2. The normalized spacial score (nSPS) is 18.6. The molecule has 0 spiro atoms. The lowest BCUT2D eigenvalue weighted by Gasteiger charge is -2.29. The van der Waals surface area contributed by atoms with Crippen LogP contribution in [-0.2, 0) is 0 Å². The minimum atomic E-state index is 0.468. The molecule has 2 heterocycles. The number of nitrogen functional groups attached to an aromatic ring is 1. The van der Waals surface area contributed by atoms with E-state index in [0.717, 1.165) is 37.4 Å². The summed E-state index contributed by atoms with van der Waals surface area (Å²) in [6.45, 7) is 4.14. The topological polar surface area (TPSA) is 67.1 Å². The van der Waals surface area contributed by atoms with Crippen LogP contribution in [-0.4, -0.2) is 41.0 Å². The van der Waals surface area contributed by atoms with Gasteiger partial charge in [-0.05, 0) is 39.9 Å². The van der Waals surface area contributed by atoms with Gasteiger partial charge in [0, 0.05) is 6.04 Å². The summed E-state index contributed by atoms with van der Waals surface area (Å²) in [4.78, 5) is 10.8. The van der Waals surface area contributed by atoms with Crippen LogP contribution in [0.3, 0.4) is 0 Å². The lowest BCUT2D eigenvalue weighted by atomic mass is 10.1. The van der Waals surface area contributed by atoms with Gasteiger partial charge in [-0.1, -0.05) is 0 Å². The SMILES string of the molecule is Cc1cnc(NC2CCN(C)CC2)c(N)n1. The molecule has 0 aliphatic carbocycles. The molecule has 1 aliphatic rings. The van der Waals surface area contributed by atoms with Crippen LogP contribution >= 0.6 is 0 Å². The summed E-state index contributed by atoms with van der Waals surface area (Å²) in [6, 6.07) is 0.468. The molecule has 3 N–H and O–H groups in total. The van der Waals surface area contributed by atoms with Crippen molar-refractivity contribution in [1.82, 2.24) is 14.9 Å². The first-order valence-electron chi connectivity index (χ1n) is 5.69. The summed E-state index contributed by atoms with van der Waals surface area (Å²) in [7, 11) is 2.15. The van der Waals surface area contributed by atoms with Crippen LogP contribution in [0.2, 0.25) is 0 Å². The fourth-order valence-electron chi connectivity index (χ4n) is 1.95. The van der Waals surface area contributed by atoms with Gasteiger partial charge in [-0.3, -0.25) is 0 Å². The van der Waals surface area contributed by atoms with Gasteiger partial charge >= 0.3 is 0 Å². The Balaban J connectivity index is 1.98. The zero-order chi connectivity index (χ0) is 11.5. The molecule has 1 aliphatic heterocycles. The Hall–Kier alpha value is -1.36. The van der Waals surface area contributed by atoms with Crippen LogP contribution in [0.4, 0.5) is 11.6 Å². The lowest BCUT2D eigenvalue weighted by Crippen LogP contribution is -2.37. The maximum Gasteiger partial charge on any atom is 0.169 e. The van der Waals surface area contributed by atoms with Crippen LogP contribution in [0.5, 0.6) is 0 Å². The molecule has 16 heavy (non-hydrogen) atoms. The smallest absolute Gasteiger partial charge is 0.169 e. The van der Waals surface area contributed by atoms with Gasteiger partial charge in [-0.15, -0.1) is 0 Å². The maximum absolute atomic E-state index is 5.82. The Bertz CT molecular complexity index is 357. The fraction of sp³-hybridized carbons (Fsp3) is 0.636. The molecule has 5 heteroatoms. The molecular weight excluding hydrogens is 202 g/mol. The minimum Gasteiger partial charge on any atom is -0.381 e. The van der Waals surface area contributed by atoms with E-state index in [-0.39, 0.29) is 0 Å². The molecule has 0 saturated carbocycles. The van der Waals surface area contributed by atoms with Crippen molar-refractivity contribution in [3.05, 3.63) is 11.9 Å². The van der Waals surface area contributed by atoms with Crippen molar-refractivity contribution in [2.24, 2.45) is 0 Å². The Labute approximate surface area is 96.1 Å². The predicted octanol–water partition coefficient (Wildman–Crippen LogP) is 0.873. The Morgan fingerprint density at radius 3 is 2.75 bits per heavy atom. The third kappa shape index (κ3) is 2.61. The second-order valence-electron chi connectivity index (χ2n) is 4.47. The van der Waals surface area contributed by atoms with Gasteiger partial charge in [-0.25, -0.2) is 9.97 Å². The van der Waals surface area contributed by atoms with E-state index in [9.17, 15) is 0 Å². The van der Waals surface area contributed by atoms with Gasteiger partial charge in [0.05, 0.1) is 11.9 Å². The zero-order valence-electron chi connectivity index (χ0n) is 9.90. The van der Waals surface area contributed by atoms with E-state index >= 15 is 0 Å². The second kappa shape index (κ2) is 4.65. The molecule has 0 bridgehead atoms. The number of hydrogen-bond acceptors (Lipinski definition) is 5. The molecule has 0 amide bonds. The summed E-state index contributed by atoms with van der Waals surface area (Å²) in [6.07, 6.45) is 4.00. The number of aromatic nitrogens is 2. The number of piperidine rings is 1. The number of nitrogens with zero attached hydrogens (tertiary/aromatic N) is 3. The standard InChI is InChI=1S/C11H19N5/c1-8-7-13-11(10(12)14-8)15-9-3-5-16(2)6-4-9/h7,9H,3-6H2,1-2H3,(H2,12,14)(H,13,15). The van der Waals surface area contributed by atoms with Gasteiger partial charge in [0.15, 0.2) is 11.6 Å². The summed E-state index contributed by atoms with van der Waals surface area (Å²) >= 11 is 0. The van der Waals surface area contributed by atoms with Crippen molar-refractivity contribution in [2.45, 2.75) is 25.8 Å². The van der Waals surface area contributed by atoms with Crippen molar-refractivity contribution in [3.63, 3.8) is 0 Å². The van der Waals surface area contributed by atoms with E-state index in [1.54, 1.807) is 6.20 Å². The van der Waals surface area contributed by atoms with Crippen molar-refractivity contribution in [1.29, 1.82) is 0 Å². The monoisotopic (exact) mass is 221 g/mol. The Morgan fingerprint density at radius 1 is 1.44 bits per heavy atom. The van der Waals surface area contributed by atoms with Gasteiger partial charge < -0.3 is 16.0 Å². The molecule has 0 aromatic carbocycles. The van der Waals surface area contributed by atoms with Crippen molar-refractivity contribution in [3.8, 4) is 0 Å². The molecule has 1 aromatic rings. The highest BCUT2D eigenvalue weighted by atomic mass is 15.1. The summed E-state index contributed by atoms with van der Waals surface area (Å²) in [5.41, 5.74) is 6.67. The van der Waals surface area contributed by atoms with E-state index in [1.165, 1.54) is 0 Å². The Morgan fingerprint density at radius 2 is 2.12 bits per heavy atom. The summed E-state index contributed by atoms with van der Waals surface area (Å²) in [5, 5.41) is 3.37. The highest BCUT2D eigenvalue weighted by Crippen LogP contribution is 2.17. The van der Waals surface area contributed by atoms with Gasteiger partial charge in [0.1, 0.15) is 0 Å². The number of aryl methyl sites for hydroxylation is 1. The molecule has 1 aromatic heterocycles. The van der Waals surface area contributed by atoms with E-state index in [1.807, 2.05) is 6.92 Å². The number of anilines is 2. The third-order valence-electron chi connectivity index (χ3n) is 2.98. The van der Waals surface area contributed by atoms with Crippen LogP contribution in [0.1, 0.15) is 18.5 Å². The van der Waals surface area contributed by atoms with Crippen LogP contribution in [0.15, 0.2) is 6.20 Å². The molecule has 0 radical (unpaired) electrons. The van der Waals surface area contributed by atoms with Crippen LogP contribution in [0.25, 0.3) is 0 Å². The molecule has 2 rings (SSSR count). The molecule has 88 valence electrons. The second-order valence-corrected chi connectivity index (χ2v) is 4.47. The number of nitrogens with two attached hydrogens (primary N) is 1. The molecule has 0 atom stereocenters. The minimum absolute atomic E-state index is 0.468. The highest BCUT2D eigenvalue weighted by Gasteiger charge is 2.17. The first-order valence-corrected chi connectivity index (χ1v) is 5.69. The van der Waals surface area contributed by atoms with E-state index < -0.39 is 0 Å². The molecule has 5 nitrogen and oxygen atoms in total. The maximum atomic E-state index is 5.82. The van der Waals surface area contributed by atoms with Crippen LogP contribution < -0.4 is 11.1 Å². The van der Waals surface area contributed by atoms with Gasteiger partial charge in [-0.2, -0.15) is 0 Å². The molecular formula is C11H19N5. The number of likely N-dealkylation sites (tertiary alicyclic amines) is 1. The largest absolute Gasteiger partial charge is 0.381 e. The lowest BCUT2D eigenvalue weighted by molar-refractivity contribution is 0.263. The van der Waals surface area contributed by atoms with Crippen molar-refractivity contribution < 1.29 is 0 Å². The number of rotatable bonds is 2. The zero-order valence-corrected chi connectivity index (χ0v) is 9.90. The van der Waals surface area contributed by atoms with E-state index in [2.05, 4.69) is 27.2 Å². The van der Waals surface area contributed by atoms with Crippen molar-refractivity contribution >= 4 is 11.6 Å². The van der Waals surface area contributed by atoms with Gasteiger partial charge in [0.25, 0.3) is 0 Å². The molecule has 1 saturated heterocycles. The van der Waals surface area contributed by atoms with Crippen molar-refractivity contribution in [2.75, 3.05) is 31.2 Å². The first kappa shape index (κ1) is 11.1. The fourth-order valence-corrected chi connectivity index (χ4v) is 1.95. The average Bonchev–Trinajstić information content (AvgIpc) is 2.25. The first-order chi connectivity index (χ1) is 7.65. The third-order valence-corrected chi connectivity index (χ3v) is 2.98. The summed E-state index contributed by atoms with van der Waals surface area (Å²) in [5.74, 6) is 1.22. The molecule has 0 unspecified atom stereocenters. The van der Waals surface area contributed by atoms with E-state index in [0.29, 0.717) is 11.9 Å². The molecule has 1 fully saturated rings. The Kier molecular flexibility index (Phi) is 3.24. The van der Waals surface area contributed by atoms with Crippen LogP contribution in [0, 0.1) is 6.92 Å². The number of nitrogens with one attached hydrogen (secondary N) is 1. The predicted molar refractivity (Wildman–Crippen MR) is 65.3 cm³/mol. The summed E-state index contributed by atoms with van der Waals surface area (Å²) < 4.78 is 0. The average molecular weight is 221 g/mol.